The average Bonchev–Trinajstić information content (AvgIpc) is 3.32. The van der Waals surface area contributed by atoms with Gasteiger partial charge in [0.2, 0.25) is 0 Å². The molecule has 1 aliphatic carbocycles. The normalized spacial score (nSPS) is 13.1. The van der Waals surface area contributed by atoms with Gasteiger partial charge in [0.05, 0.1) is 16.9 Å². The van der Waals surface area contributed by atoms with Gasteiger partial charge in [0.1, 0.15) is 12.2 Å². The third kappa shape index (κ3) is 4.65. The second-order valence-corrected chi connectivity index (χ2v) is 9.80. The molecule has 2 aromatic carbocycles. The number of nitrogens with two attached hydrogens (primary N) is 1. The van der Waals surface area contributed by atoms with Gasteiger partial charge in [-0.1, -0.05) is 18.2 Å². The van der Waals surface area contributed by atoms with Crippen LogP contribution in [0.25, 0.3) is 10.8 Å². The minimum Gasteiger partial charge on any atom is -0.340 e. The average molecular weight is 497 g/mol. The number of amides is 1. The molecule has 0 saturated carbocycles. The fourth-order valence-electron chi connectivity index (χ4n) is 4.70. The van der Waals surface area contributed by atoms with Gasteiger partial charge in [-0.3, -0.25) is 9.79 Å². The van der Waals surface area contributed by atoms with Crippen molar-refractivity contribution < 1.29 is 4.79 Å². The lowest BCUT2D eigenvalue weighted by molar-refractivity contribution is 0.102. The van der Waals surface area contributed by atoms with Crippen LogP contribution in [0.5, 0.6) is 0 Å². The van der Waals surface area contributed by atoms with Crippen molar-refractivity contribution in [3.63, 3.8) is 0 Å². The zero-order valence-electron chi connectivity index (χ0n) is 20.2. The van der Waals surface area contributed by atoms with Crippen LogP contribution in [0.15, 0.2) is 58.0 Å². The van der Waals surface area contributed by atoms with E-state index in [4.69, 9.17) is 5.73 Å². The summed E-state index contributed by atoms with van der Waals surface area (Å²) in [4.78, 5) is 26.7. The molecule has 2 aromatic heterocycles. The number of nitrogens with zero attached hydrogens (tertiary/aromatic N) is 3. The molecule has 0 saturated heterocycles. The Morgan fingerprint density at radius 3 is 2.81 bits per heavy atom. The van der Waals surface area contributed by atoms with Crippen molar-refractivity contribution in [1.29, 1.82) is 0 Å². The van der Waals surface area contributed by atoms with Crippen LogP contribution in [0, 0.1) is 6.92 Å². The minimum atomic E-state index is -0.251. The van der Waals surface area contributed by atoms with Crippen LogP contribution in [-0.4, -0.2) is 23.9 Å². The SMILES string of the molecule is C=N/C=N\c1c(C(=O)Nc2c(C)ccc3c(Nc4ccc5c(c4)CCCC5)nccc23)csc1CN. The Kier molecular flexibility index (Phi) is 6.88. The number of carbonyl (C=O) groups excluding carboxylic acids is 1. The summed E-state index contributed by atoms with van der Waals surface area (Å²) in [6.07, 6.45) is 7.85. The maximum absolute atomic E-state index is 13.3. The smallest absolute Gasteiger partial charge is 0.258 e. The molecule has 182 valence electrons. The molecule has 4 N–H and O–H groups in total. The van der Waals surface area contributed by atoms with E-state index in [1.807, 2.05) is 25.1 Å². The fraction of sp³-hybridized carbons (Fsp3) is 0.214. The van der Waals surface area contributed by atoms with Crippen molar-refractivity contribution in [2.45, 2.75) is 39.2 Å². The van der Waals surface area contributed by atoms with Gasteiger partial charge < -0.3 is 16.4 Å². The number of hydrogen-bond acceptors (Lipinski definition) is 6. The number of fused-ring (bicyclic) bond motifs is 2. The molecule has 0 radical (unpaired) electrons. The number of nitrogens with one attached hydrogen (secondary N) is 2. The van der Waals surface area contributed by atoms with Crippen LogP contribution in [0.1, 0.15) is 44.8 Å². The standard InChI is InChI=1S/C28H28N6OS/c1-17-7-10-22-21(25(17)34-28(35)23-15-36-24(14-29)26(23)32-16-30-2)11-12-31-27(22)33-20-9-8-18-5-3-4-6-19(18)13-20/h7-13,15-16H,2-6,14,29H2,1H3,(H,31,33)(H,34,35)/b32-16-. The number of thiophene rings is 1. The Balaban J connectivity index is 1.48. The Bertz CT molecular complexity index is 1490. The molecule has 0 bridgehead atoms. The summed E-state index contributed by atoms with van der Waals surface area (Å²) in [5.41, 5.74) is 12.4. The van der Waals surface area contributed by atoms with Crippen molar-refractivity contribution in [3.05, 3.63) is 75.1 Å². The molecule has 5 rings (SSSR count). The first-order valence-corrected chi connectivity index (χ1v) is 12.8. The number of carbonyl (C=O) groups is 1. The number of anilines is 3. The number of hydrogen-bond donors (Lipinski definition) is 3. The van der Waals surface area contributed by atoms with Gasteiger partial charge in [0.15, 0.2) is 0 Å². The zero-order chi connectivity index (χ0) is 25.1. The molecule has 0 spiro atoms. The molecular formula is C28H28N6OS. The van der Waals surface area contributed by atoms with Gasteiger partial charge >= 0.3 is 0 Å². The molecule has 2 heterocycles. The topological polar surface area (TPSA) is 105 Å². The predicted octanol–water partition coefficient (Wildman–Crippen LogP) is 6.30. The highest BCUT2D eigenvalue weighted by atomic mass is 32.1. The van der Waals surface area contributed by atoms with E-state index in [9.17, 15) is 4.79 Å². The van der Waals surface area contributed by atoms with E-state index in [2.05, 4.69) is 50.5 Å². The lowest BCUT2D eigenvalue weighted by atomic mass is 9.91. The fourth-order valence-corrected chi connectivity index (χ4v) is 5.55. The van der Waals surface area contributed by atoms with Gasteiger partial charge in [-0.15, -0.1) is 11.3 Å². The van der Waals surface area contributed by atoms with E-state index in [1.54, 1.807) is 11.6 Å². The highest BCUT2D eigenvalue weighted by Gasteiger charge is 2.19. The number of rotatable bonds is 7. The largest absolute Gasteiger partial charge is 0.340 e. The zero-order valence-corrected chi connectivity index (χ0v) is 21.0. The molecule has 1 aliphatic rings. The first-order chi connectivity index (χ1) is 17.6. The number of benzene rings is 2. The maximum Gasteiger partial charge on any atom is 0.258 e. The van der Waals surface area contributed by atoms with Crippen LogP contribution in [0.2, 0.25) is 0 Å². The summed E-state index contributed by atoms with van der Waals surface area (Å²) < 4.78 is 0. The van der Waals surface area contributed by atoms with Crippen molar-refractivity contribution in [1.82, 2.24) is 4.98 Å². The minimum absolute atomic E-state index is 0.251. The molecule has 0 unspecified atom stereocenters. The van der Waals surface area contributed by atoms with E-state index in [0.29, 0.717) is 17.8 Å². The third-order valence-corrected chi connectivity index (χ3v) is 7.54. The quantitative estimate of drug-likeness (QED) is 0.206. The number of aliphatic imine (C=N–C) groups is 2. The number of aromatic nitrogens is 1. The molecule has 0 atom stereocenters. The molecule has 36 heavy (non-hydrogen) atoms. The van der Waals surface area contributed by atoms with Crippen LogP contribution < -0.4 is 16.4 Å². The van der Waals surface area contributed by atoms with Gasteiger partial charge in [0.25, 0.3) is 5.91 Å². The summed E-state index contributed by atoms with van der Waals surface area (Å²) in [5, 5.41) is 10.2. The summed E-state index contributed by atoms with van der Waals surface area (Å²) >= 11 is 1.40. The third-order valence-electron chi connectivity index (χ3n) is 6.54. The van der Waals surface area contributed by atoms with Crippen molar-refractivity contribution in [2.24, 2.45) is 15.7 Å². The summed E-state index contributed by atoms with van der Waals surface area (Å²) in [5.74, 6) is 0.501. The number of pyridine rings is 1. The maximum atomic E-state index is 13.3. The van der Waals surface area contributed by atoms with E-state index in [0.717, 1.165) is 51.2 Å². The summed E-state index contributed by atoms with van der Waals surface area (Å²) in [6.45, 7) is 5.69. The molecular weight excluding hydrogens is 468 g/mol. The Labute approximate surface area is 214 Å². The van der Waals surface area contributed by atoms with Gasteiger partial charge in [-0.25, -0.2) is 9.98 Å². The highest BCUT2D eigenvalue weighted by Crippen LogP contribution is 2.35. The van der Waals surface area contributed by atoms with Crippen molar-refractivity contribution in [2.75, 3.05) is 10.6 Å². The first kappa shape index (κ1) is 23.8. The molecule has 7 nitrogen and oxygen atoms in total. The number of aryl methyl sites for hydroxylation is 3. The van der Waals surface area contributed by atoms with Gasteiger partial charge in [-0.2, -0.15) is 0 Å². The Morgan fingerprint density at radius 2 is 2.00 bits per heavy atom. The second-order valence-electron chi connectivity index (χ2n) is 8.83. The van der Waals surface area contributed by atoms with Crippen LogP contribution >= 0.6 is 11.3 Å². The molecule has 4 aromatic rings. The monoisotopic (exact) mass is 496 g/mol. The first-order valence-electron chi connectivity index (χ1n) is 12.0. The summed E-state index contributed by atoms with van der Waals surface area (Å²) in [6, 6.07) is 12.5. The Hall–Kier alpha value is -3.88. The van der Waals surface area contributed by atoms with Gasteiger partial charge in [0, 0.05) is 39.5 Å². The van der Waals surface area contributed by atoms with Gasteiger partial charge in [-0.05, 0) is 74.2 Å². The van der Waals surface area contributed by atoms with E-state index < -0.39 is 0 Å². The lowest BCUT2D eigenvalue weighted by Gasteiger charge is -2.18. The highest BCUT2D eigenvalue weighted by molar-refractivity contribution is 7.10. The molecule has 0 aliphatic heterocycles. The second kappa shape index (κ2) is 10.4. The van der Waals surface area contributed by atoms with E-state index in [-0.39, 0.29) is 5.91 Å². The van der Waals surface area contributed by atoms with Crippen molar-refractivity contribution >= 4 is 64.0 Å². The van der Waals surface area contributed by atoms with Crippen LogP contribution in [0.4, 0.5) is 22.9 Å². The Morgan fingerprint density at radius 1 is 1.17 bits per heavy atom. The van der Waals surface area contributed by atoms with Crippen molar-refractivity contribution in [3.8, 4) is 0 Å². The van der Waals surface area contributed by atoms with Crippen LogP contribution in [0.3, 0.4) is 0 Å². The van der Waals surface area contributed by atoms with E-state index in [1.165, 1.54) is 41.6 Å². The lowest BCUT2D eigenvalue weighted by Crippen LogP contribution is -2.13. The predicted molar refractivity (Wildman–Crippen MR) is 151 cm³/mol. The summed E-state index contributed by atoms with van der Waals surface area (Å²) in [7, 11) is 0. The molecule has 0 fully saturated rings. The van der Waals surface area contributed by atoms with E-state index >= 15 is 0 Å². The molecule has 8 heteroatoms. The molecule has 1 amide bonds. The van der Waals surface area contributed by atoms with Crippen LogP contribution in [-0.2, 0) is 19.4 Å².